The Labute approximate surface area is 172 Å². The van der Waals surface area contributed by atoms with Gasteiger partial charge < -0.3 is 10.2 Å². The molecule has 0 aliphatic carbocycles. The summed E-state index contributed by atoms with van der Waals surface area (Å²) in [5, 5.41) is 3.31. The molecule has 0 saturated carbocycles. The molecule has 1 aromatic heterocycles. The molecule has 2 aromatic carbocycles. The topological polar surface area (TPSA) is 58.1 Å². The second kappa shape index (κ2) is 9.32. The number of aromatic nitrogens is 2. The Morgan fingerprint density at radius 2 is 1.55 bits per heavy atom. The van der Waals surface area contributed by atoms with Crippen LogP contribution in [-0.2, 0) is 6.54 Å². The Hall–Kier alpha value is -3.21. The van der Waals surface area contributed by atoms with Crippen molar-refractivity contribution in [3.8, 4) is 11.4 Å². The summed E-state index contributed by atoms with van der Waals surface area (Å²) in [6.07, 6.45) is 0. The van der Waals surface area contributed by atoms with Gasteiger partial charge in [0.2, 0.25) is 0 Å². The first kappa shape index (κ1) is 20.5. The number of rotatable bonds is 7. The lowest BCUT2D eigenvalue weighted by Gasteiger charge is -2.27. The van der Waals surface area contributed by atoms with Gasteiger partial charge in [0.15, 0.2) is 5.82 Å². The van der Waals surface area contributed by atoms with Gasteiger partial charge in [0, 0.05) is 30.3 Å². The molecule has 3 rings (SSSR count). The van der Waals surface area contributed by atoms with Gasteiger partial charge in [0.25, 0.3) is 5.91 Å². The van der Waals surface area contributed by atoms with Crippen molar-refractivity contribution in [3.63, 3.8) is 0 Å². The molecule has 0 radical (unpaired) electrons. The maximum Gasteiger partial charge on any atom is 0.273 e. The lowest BCUT2D eigenvalue weighted by molar-refractivity contribution is 0.0684. The number of hydrogen-bond acceptors (Lipinski definition) is 4. The van der Waals surface area contributed by atoms with Crippen molar-refractivity contribution in [1.82, 2.24) is 14.9 Å². The van der Waals surface area contributed by atoms with E-state index in [4.69, 9.17) is 0 Å². The van der Waals surface area contributed by atoms with Gasteiger partial charge in [-0.15, -0.1) is 0 Å². The monoisotopic (exact) mass is 388 g/mol. The fraction of sp³-hybridized carbons (Fsp3) is 0.292. The zero-order valence-corrected chi connectivity index (χ0v) is 17.5. The molecule has 0 bridgehead atoms. The smallest absolute Gasteiger partial charge is 0.273 e. The second-order valence-corrected chi connectivity index (χ2v) is 7.64. The van der Waals surface area contributed by atoms with Crippen molar-refractivity contribution in [2.24, 2.45) is 0 Å². The van der Waals surface area contributed by atoms with Crippen LogP contribution in [0.4, 0.5) is 5.82 Å². The highest BCUT2D eigenvalue weighted by Crippen LogP contribution is 2.20. The molecule has 0 fully saturated rings. The van der Waals surface area contributed by atoms with Gasteiger partial charge in [0.1, 0.15) is 11.5 Å². The summed E-state index contributed by atoms with van der Waals surface area (Å²) in [6.45, 7) is 8.67. The number of benzene rings is 2. The largest absolute Gasteiger partial charge is 0.368 e. The number of amides is 1. The fourth-order valence-corrected chi connectivity index (χ4v) is 3.06. The van der Waals surface area contributed by atoms with Crippen molar-refractivity contribution in [2.45, 2.75) is 46.3 Å². The van der Waals surface area contributed by atoms with E-state index in [0.29, 0.717) is 23.9 Å². The van der Waals surface area contributed by atoms with Crippen LogP contribution in [0.25, 0.3) is 11.4 Å². The summed E-state index contributed by atoms with van der Waals surface area (Å²) in [4.78, 5) is 24.5. The van der Waals surface area contributed by atoms with Crippen molar-refractivity contribution in [1.29, 1.82) is 0 Å². The second-order valence-electron chi connectivity index (χ2n) is 7.64. The minimum Gasteiger partial charge on any atom is -0.368 e. The molecule has 29 heavy (non-hydrogen) atoms. The Morgan fingerprint density at radius 1 is 0.931 bits per heavy atom. The van der Waals surface area contributed by atoms with Gasteiger partial charge in [-0.2, -0.15) is 0 Å². The quantitative estimate of drug-likeness (QED) is 0.618. The zero-order chi connectivity index (χ0) is 20.8. The summed E-state index contributed by atoms with van der Waals surface area (Å²) in [5.41, 5.74) is 2.37. The van der Waals surface area contributed by atoms with Gasteiger partial charge >= 0.3 is 0 Å². The molecule has 1 amide bonds. The third-order valence-electron chi connectivity index (χ3n) is 4.49. The number of hydrogen-bond donors (Lipinski definition) is 1. The SMILES string of the molecule is CC(C)Nc1cc(C(=O)N(Cc2ccccc2)C(C)C)nc(-c2ccccc2)n1. The Morgan fingerprint density at radius 3 is 2.14 bits per heavy atom. The van der Waals surface area contributed by atoms with Crippen LogP contribution in [0, 0.1) is 0 Å². The van der Waals surface area contributed by atoms with Crippen LogP contribution in [0.15, 0.2) is 66.7 Å². The highest BCUT2D eigenvalue weighted by molar-refractivity contribution is 5.93. The number of carbonyl (C=O) groups excluding carboxylic acids is 1. The van der Waals surface area contributed by atoms with Crippen molar-refractivity contribution < 1.29 is 4.79 Å². The highest BCUT2D eigenvalue weighted by Gasteiger charge is 2.22. The molecular formula is C24H28N4O. The maximum atomic E-state index is 13.4. The standard InChI is InChI=1S/C24H28N4O/c1-17(2)25-22-15-21(26-23(27-22)20-13-9-6-10-14-20)24(29)28(18(3)4)16-19-11-7-5-8-12-19/h5-15,17-18H,16H2,1-4H3,(H,25,26,27). The predicted octanol–water partition coefficient (Wildman–Crippen LogP) is 5.01. The molecule has 1 N–H and O–H groups in total. The van der Waals surface area contributed by atoms with Gasteiger partial charge in [-0.3, -0.25) is 4.79 Å². The summed E-state index contributed by atoms with van der Waals surface area (Å²) < 4.78 is 0. The summed E-state index contributed by atoms with van der Waals surface area (Å²) >= 11 is 0. The van der Waals surface area contributed by atoms with E-state index >= 15 is 0 Å². The molecule has 0 atom stereocenters. The average molecular weight is 389 g/mol. The molecule has 1 heterocycles. The summed E-state index contributed by atoms with van der Waals surface area (Å²) in [5.74, 6) is 1.10. The molecule has 5 heteroatoms. The van der Waals surface area contributed by atoms with E-state index in [1.165, 1.54) is 0 Å². The minimum atomic E-state index is -0.102. The fourth-order valence-electron chi connectivity index (χ4n) is 3.06. The Balaban J connectivity index is 1.99. The lowest BCUT2D eigenvalue weighted by Crippen LogP contribution is -2.37. The van der Waals surface area contributed by atoms with E-state index in [0.717, 1.165) is 11.1 Å². The molecule has 0 unspecified atom stereocenters. The third kappa shape index (κ3) is 5.41. The van der Waals surface area contributed by atoms with Gasteiger partial charge in [0.05, 0.1) is 0 Å². The van der Waals surface area contributed by atoms with Crippen LogP contribution >= 0.6 is 0 Å². The number of carbonyl (C=O) groups is 1. The Kier molecular flexibility index (Phi) is 6.60. The first-order chi connectivity index (χ1) is 13.9. The van der Waals surface area contributed by atoms with Crippen molar-refractivity contribution >= 4 is 11.7 Å². The van der Waals surface area contributed by atoms with Crippen LogP contribution in [0.5, 0.6) is 0 Å². The molecule has 0 aliphatic heterocycles. The van der Waals surface area contributed by atoms with E-state index in [1.54, 1.807) is 6.07 Å². The molecule has 150 valence electrons. The lowest BCUT2D eigenvalue weighted by atomic mass is 10.1. The third-order valence-corrected chi connectivity index (χ3v) is 4.49. The molecule has 0 spiro atoms. The van der Waals surface area contributed by atoms with E-state index in [9.17, 15) is 4.79 Å². The highest BCUT2D eigenvalue weighted by atomic mass is 16.2. The number of nitrogens with zero attached hydrogens (tertiary/aromatic N) is 3. The normalized spacial score (nSPS) is 11.0. The van der Waals surface area contributed by atoms with Gasteiger partial charge in [-0.25, -0.2) is 9.97 Å². The van der Waals surface area contributed by atoms with Crippen LogP contribution < -0.4 is 5.32 Å². The number of nitrogens with one attached hydrogen (secondary N) is 1. The minimum absolute atomic E-state index is 0.0411. The van der Waals surface area contributed by atoms with Crippen LogP contribution in [-0.4, -0.2) is 32.9 Å². The molecular weight excluding hydrogens is 360 g/mol. The van der Waals surface area contributed by atoms with Gasteiger partial charge in [-0.05, 0) is 33.3 Å². The summed E-state index contributed by atoms with van der Waals surface area (Å²) in [6, 6.07) is 21.7. The maximum absolute atomic E-state index is 13.4. The van der Waals surface area contributed by atoms with Gasteiger partial charge in [-0.1, -0.05) is 60.7 Å². The molecule has 3 aromatic rings. The average Bonchev–Trinajstić information content (AvgIpc) is 2.72. The van der Waals surface area contributed by atoms with E-state index in [1.807, 2.05) is 93.3 Å². The van der Waals surface area contributed by atoms with E-state index < -0.39 is 0 Å². The first-order valence-electron chi connectivity index (χ1n) is 10.00. The van der Waals surface area contributed by atoms with Crippen LogP contribution in [0.3, 0.4) is 0 Å². The molecule has 0 aliphatic rings. The van der Waals surface area contributed by atoms with Crippen LogP contribution in [0.2, 0.25) is 0 Å². The molecule has 0 saturated heterocycles. The Bertz CT molecular complexity index is 940. The van der Waals surface area contributed by atoms with Crippen molar-refractivity contribution in [3.05, 3.63) is 78.0 Å². The predicted molar refractivity (Wildman–Crippen MR) is 118 cm³/mol. The van der Waals surface area contributed by atoms with Crippen molar-refractivity contribution in [2.75, 3.05) is 5.32 Å². The first-order valence-corrected chi connectivity index (χ1v) is 10.00. The number of anilines is 1. The molecule has 5 nitrogen and oxygen atoms in total. The van der Waals surface area contributed by atoms with Crippen LogP contribution in [0.1, 0.15) is 43.7 Å². The summed E-state index contributed by atoms with van der Waals surface area (Å²) in [7, 11) is 0. The van der Waals surface area contributed by atoms with E-state index in [-0.39, 0.29) is 18.0 Å². The zero-order valence-electron chi connectivity index (χ0n) is 17.5. The van der Waals surface area contributed by atoms with E-state index in [2.05, 4.69) is 15.3 Å².